The highest BCUT2D eigenvalue weighted by molar-refractivity contribution is 7.98. The fraction of sp³-hybridized carbons (Fsp3) is 0.143. The minimum Gasteiger partial charge on any atom is -0.496 e. The second kappa shape index (κ2) is 8.61. The van der Waals surface area contributed by atoms with E-state index in [0.717, 1.165) is 16.9 Å². The van der Waals surface area contributed by atoms with Gasteiger partial charge in [0.2, 0.25) is 5.16 Å². The SMILES string of the molecule is COc1ccc(Cl)cc1-c1nc(SCc2c(C#N)c(C)nn2-c2ccccc2)n[nH]1. The molecule has 2 aromatic heterocycles. The molecular formula is C21H17ClN6OS. The third-order valence-electron chi connectivity index (χ3n) is 4.49. The lowest BCUT2D eigenvalue weighted by molar-refractivity contribution is 0.416. The number of benzene rings is 2. The minimum atomic E-state index is 0.489. The summed E-state index contributed by atoms with van der Waals surface area (Å²) in [6.45, 7) is 1.84. The molecule has 1 N–H and O–H groups in total. The van der Waals surface area contributed by atoms with Crippen LogP contribution in [0.3, 0.4) is 0 Å². The third kappa shape index (κ3) is 3.90. The quantitative estimate of drug-likeness (QED) is 0.437. The van der Waals surface area contributed by atoms with Crippen molar-refractivity contribution in [3.05, 3.63) is 70.5 Å². The summed E-state index contributed by atoms with van der Waals surface area (Å²) in [6, 6.07) is 17.3. The lowest BCUT2D eigenvalue weighted by Crippen LogP contribution is -2.02. The number of aryl methyl sites for hydroxylation is 1. The molecule has 30 heavy (non-hydrogen) atoms. The maximum absolute atomic E-state index is 9.62. The second-order valence-corrected chi connectivity index (χ2v) is 7.75. The molecule has 0 saturated heterocycles. The van der Waals surface area contributed by atoms with Crippen LogP contribution in [-0.2, 0) is 5.75 Å². The van der Waals surface area contributed by atoms with E-state index in [1.54, 1.807) is 30.0 Å². The lowest BCUT2D eigenvalue weighted by Gasteiger charge is -2.07. The van der Waals surface area contributed by atoms with Crippen LogP contribution in [-0.4, -0.2) is 32.1 Å². The fourth-order valence-electron chi connectivity index (χ4n) is 3.07. The first-order valence-corrected chi connectivity index (χ1v) is 10.4. The number of hydrogen-bond acceptors (Lipinski definition) is 6. The van der Waals surface area contributed by atoms with Gasteiger partial charge in [-0.25, -0.2) is 9.67 Å². The van der Waals surface area contributed by atoms with E-state index in [1.165, 1.54) is 11.8 Å². The topological polar surface area (TPSA) is 92.4 Å². The molecule has 0 aliphatic rings. The van der Waals surface area contributed by atoms with E-state index in [-0.39, 0.29) is 0 Å². The molecular weight excluding hydrogens is 420 g/mol. The van der Waals surface area contributed by atoms with Crippen molar-refractivity contribution in [1.82, 2.24) is 25.0 Å². The molecule has 0 amide bonds. The molecule has 0 fully saturated rings. The van der Waals surface area contributed by atoms with E-state index in [2.05, 4.69) is 26.3 Å². The molecule has 4 rings (SSSR count). The molecule has 0 unspecified atom stereocenters. The van der Waals surface area contributed by atoms with Gasteiger partial charge in [0.1, 0.15) is 11.8 Å². The summed E-state index contributed by atoms with van der Waals surface area (Å²) < 4.78 is 7.19. The van der Waals surface area contributed by atoms with Crippen LogP contribution < -0.4 is 4.74 Å². The smallest absolute Gasteiger partial charge is 0.209 e. The van der Waals surface area contributed by atoms with E-state index in [9.17, 15) is 5.26 Å². The molecule has 9 heteroatoms. The van der Waals surface area contributed by atoms with Gasteiger partial charge in [-0.3, -0.25) is 5.10 Å². The highest BCUT2D eigenvalue weighted by Gasteiger charge is 2.18. The summed E-state index contributed by atoms with van der Waals surface area (Å²) in [5.41, 5.74) is 3.69. The van der Waals surface area contributed by atoms with Crippen molar-refractivity contribution in [2.45, 2.75) is 17.8 Å². The Hall–Kier alpha value is -3.28. The van der Waals surface area contributed by atoms with Gasteiger partial charge in [-0.1, -0.05) is 41.6 Å². The van der Waals surface area contributed by atoms with Crippen LogP contribution in [0.5, 0.6) is 5.75 Å². The number of rotatable bonds is 6. The highest BCUT2D eigenvalue weighted by Crippen LogP contribution is 2.32. The van der Waals surface area contributed by atoms with E-state index in [4.69, 9.17) is 16.3 Å². The van der Waals surface area contributed by atoms with Crippen molar-refractivity contribution in [1.29, 1.82) is 5.26 Å². The molecule has 0 radical (unpaired) electrons. The Morgan fingerprint density at radius 2 is 2.03 bits per heavy atom. The summed E-state index contributed by atoms with van der Waals surface area (Å²) in [4.78, 5) is 4.56. The Bertz CT molecular complexity index is 1230. The van der Waals surface area contributed by atoms with Gasteiger partial charge < -0.3 is 4.74 Å². The lowest BCUT2D eigenvalue weighted by atomic mass is 10.2. The number of thioether (sulfide) groups is 1. The predicted molar refractivity (Wildman–Crippen MR) is 116 cm³/mol. The maximum atomic E-state index is 9.62. The van der Waals surface area contributed by atoms with Crippen molar-refractivity contribution in [3.63, 3.8) is 0 Å². The largest absolute Gasteiger partial charge is 0.496 e. The molecule has 0 atom stereocenters. The number of halogens is 1. The van der Waals surface area contributed by atoms with Crippen LogP contribution in [0, 0.1) is 18.3 Å². The standard InChI is InChI=1S/C21H17ClN6OS/c1-13-17(11-23)18(28(27-13)15-6-4-3-5-7-15)12-30-21-24-20(25-26-21)16-10-14(22)8-9-19(16)29-2/h3-10H,12H2,1-2H3,(H,24,25,26). The summed E-state index contributed by atoms with van der Waals surface area (Å²) in [7, 11) is 1.59. The number of H-pyrrole nitrogens is 1. The number of nitrogens with one attached hydrogen (secondary N) is 1. The molecule has 0 bridgehead atoms. The van der Waals surface area contributed by atoms with Crippen molar-refractivity contribution in [2.24, 2.45) is 0 Å². The highest BCUT2D eigenvalue weighted by atomic mass is 35.5. The van der Waals surface area contributed by atoms with Gasteiger partial charge >= 0.3 is 0 Å². The monoisotopic (exact) mass is 436 g/mol. The second-order valence-electron chi connectivity index (χ2n) is 6.37. The third-order valence-corrected chi connectivity index (χ3v) is 5.58. The van der Waals surface area contributed by atoms with Gasteiger partial charge in [0, 0.05) is 10.8 Å². The van der Waals surface area contributed by atoms with Gasteiger partial charge in [0.25, 0.3) is 0 Å². The van der Waals surface area contributed by atoms with Crippen molar-refractivity contribution < 1.29 is 4.74 Å². The van der Waals surface area contributed by atoms with Gasteiger partial charge in [-0.15, -0.1) is 5.10 Å². The van der Waals surface area contributed by atoms with Crippen molar-refractivity contribution in [2.75, 3.05) is 7.11 Å². The number of para-hydroxylation sites is 1. The van der Waals surface area contributed by atoms with Gasteiger partial charge in [-0.2, -0.15) is 10.4 Å². The van der Waals surface area contributed by atoms with Crippen molar-refractivity contribution >= 4 is 23.4 Å². The Labute approximate surface area is 182 Å². The molecule has 0 aliphatic heterocycles. The molecule has 0 aliphatic carbocycles. The van der Waals surface area contributed by atoms with E-state index in [0.29, 0.717) is 38.8 Å². The average molecular weight is 437 g/mol. The Morgan fingerprint density at radius 1 is 1.23 bits per heavy atom. The Kier molecular flexibility index (Phi) is 5.74. The number of hydrogen-bond donors (Lipinski definition) is 1. The number of methoxy groups -OCH3 is 1. The summed E-state index contributed by atoms with van der Waals surface area (Å²) in [5.74, 6) is 1.70. The van der Waals surface area contributed by atoms with E-state index < -0.39 is 0 Å². The summed E-state index contributed by atoms with van der Waals surface area (Å²) >= 11 is 7.54. The van der Waals surface area contributed by atoms with E-state index >= 15 is 0 Å². The van der Waals surface area contributed by atoms with Gasteiger partial charge in [0.15, 0.2) is 5.82 Å². The number of nitrogens with zero attached hydrogens (tertiary/aromatic N) is 5. The molecule has 7 nitrogen and oxygen atoms in total. The first-order valence-electron chi connectivity index (χ1n) is 9.04. The molecule has 2 aromatic carbocycles. The number of aromatic nitrogens is 5. The zero-order chi connectivity index (χ0) is 21.1. The summed E-state index contributed by atoms with van der Waals surface area (Å²) in [5, 5.41) is 22.5. The molecule has 0 saturated carbocycles. The zero-order valence-corrected chi connectivity index (χ0v) is 17.8. The van der Waals surface area contributed by atoms with E-state index in [1.807, 2.05) is 37.3 Å². The van der Waals surface area contributed by atoms with Crippen LogP contribution in [0.1, 0.15) is 17.0 Å². The van der Waals surface area contributed by atoms with Gasteiger partial charge in [0.05, 0.1) is 35.3 Å². The molecule has 150 valence electrons. The number of ether oxygens (including phenoxy) is 1. The molecule has 4 aromatic rings. The summed E-state index contributed by atoms with van der Waals surface area (Å²) in [6.07, 6.45) is 0. The van der Waals surface area contributed by atoms with Crippen LogP contribution in [0.15, 0.2) is 53.7 Å². The number of nitriles is 1. The average Bonchev–Trinajstić information content (AvgIpc) is 3.36. The number of aromatic amines is 1. The van der Waals surface area contributed by atoms with Crippen LogP contribution in [0.25, 0.3) is 17.1 Å². The molecule has 0 spiro atoms. The zero-order valence-electron chi connectivity index (χ0n) is 16.3. The minimum absolute atomic E-state index is 0.489. The van der Waals surface area contributed by atoms with Crippen LogP contribution in [0.4, 0.5) is 0 Å². The Balaban J connectivity index is 1.62. The van der Waals surface area contributed by atoms with Crippen LogP contribution in [0.2, 0.25) is 5.02 Å². The van der Waals surface area contributed by atoms with Gasteiger partial charge in [-0.05, 0) is 37.3 Å². The first kappa shape index (κ1) is 20.0. The molecule has 2 heterocycles. The maximum Gasteiger partial charge on any atom is 0.209 e. The Morgan fingerprint density at radius 3 is 2.77 bits per heavy atom. The normalized spacial score (nSPS) is 10.7. The van der Waals surface area contributed by atoms with Crippen LogP contribution >= 0.6 is 23.4 Å². The van der Waals surface area contributed by atoms with Crippen molar-refractivity contribution in [3.8, 4) is 28.9 Å². The first-order chi connectivity index (χ1) is 14.6. The predicted octanol–water partition coefficient (Wildman–Crippen LogP) is 4.79. The fourth-order valence-corrected chi connectivity index (χ4v) is 4.04.